The summed E-state index contributed by atoms with van der Waals surface area (Å²) in [6.07, 6.45) is 1.90. The SMILES string of the molecule is O=C(N/N=C\c1ccc([N+](=O)[O-])o1)C(=O)N/N=C/c1ccc([N+](=O)[O-])o1. The van der Waals surface area contributed by atoms with Gasteiger partial charge in [-0.25, -0.2) is 10.9 Å². The van der Waals surface area contributed by atoms with Crippen molar-refractivity contribution in [3.63, 3.8) is 0 Å². The molecule has 0 saturated heterocycles. The number of furan rings is 2. The van der Waals surface area contributed by atoms with Gasteiger partial charge in [-0.15, -0.1) is 0 Å². The summed E-state index contributed by atoms with van der Waals surface area (Å²) in [5.74, 6) is -3.44. The van der Waals surface area contributed by atoms with Gasteiger partial charge >= 0.3 is 23.6 Å². The maximum Gasteiger partial charge on any atom is 0.433 e. The Bertz CT molecular complexity index is 836. The zero-order valence-corrected chi connectivity index (χ0v) is 12.5. The highest BCUT2D eigenvalue weighted by Crippen LogP contribution is 2.14. The van der Waals surface area contributed by atoms with E-state index < -0.39 is 33.4 Å². The number of carbonyl (C=O) groups is 2. The van der Waals surface area contributed by atoms with E-state index in [4.69, 9.17) is 8.83 Å². The van der Waals surface area contributed by atoms with Crippen molar-refractivity contribution in [2.75, 3.05) is 0 Å². The van der Waals surface area contributed by atoms with Gasteiger partial charge in [0.25, 0.3) is 0 Å². The van der Waals surface area contributed by atoms with Crippen LogP contribution in [-0.4, -0.2) is 34.1 Å². The lowest BCUT2D eigenvalue weighted by atomic mass is 10.5. The van der Waals surface area contributed by atoms with Gasteiger partial charge in [0.2, 0.25) is 0 Å². The third-order valence-electron chi connectivity index (χ3n) is 2.51. The fraction of sp³-hybridized carbons (Fsp3) is 0. The summed E-state index contributed by atoms with van der Waals surface area (Å²) in [5.41, 5.74) is 3.68. The summed E-state index contributed by atoms with van der Waals surface area (Å²) in [5, 5.41) is 27.6. The normalized spacial score (nSPS) is 10.9. The first kappa shape index (κ1) is 18.0. The number of hydrazone groups is 2. The standard InChI is InChI=1S/C12H8N6O8/c19-11(15-13-5-7-1-3-9(25-7)17(21)22)12(20)16-14-6-8-2-4-10(26-8)18(23)24/h1-6H,(H,15,19)(H,16,20)/b13-5-,14-6+. The van der Waals surface area contributed by atoms with Crippen molar-refractivity contribution in [3.8, 4) is 0 Å². The van der Waals surface area contributed by atoms with E-state index in [9.17, 15) is 29.8 Å². The van der Waals surface area contributed by atoms with Gasteiger partial charge in [0, 0.05) is 0 Å². The van der Waals surface area contributed by atoms with Gasteiger partial charge in [0.05, 0.1) is 24.6 Å². The van der Waals surface area contributed by atoms with Gasteiger partial charge in [-0.3, -0.25) is 29.8 Å². The van der Waals surface area contributed by atoms with E-state index in [1.807, 2.05) is 10.9 Å². The Labute approximate surface area is 142 Å². The molecule has 0 saturated carbocycles. The quantitative estimate of drug-likeness (QED) is 0.315. The first-order chi connectivity index (χ1) is 12.4. The first-order valence-corrected chi connectivity index (χ1v) is 6.51. The van der Waals surface area contributed by atoms with Crippen LogP contribution < -0.4 is 10.9 Å². The van der Waals surface area contributed by atoms with Crippen molar-refractivity contribution < 1.29 is 28.3 Å². The van der Waals surface area contributed by atoms with Crippen molar-refractivity contribution in [1.29, 1.82) is 0 Å². The molecule has 0 fully saturated rings. The molecule has 14 nitrogen and oxygen atoms in total. The van der Waals surface area contributed by atoms with Gasteiger partial charge in [0.15, 0.2) is 11.5 Å². The molecule has 26 heavy (non-hydrogen) atoms. The third-order valence-corrected chi connectivity index (χ3v) is 2.51. The van der Waals surface area contributed by atoms with E-state index >= 15 is 0 Å². The highest BCUT2D eigenvalue weighted by molar-refractivity contribution is 6.35. The van der Waals surface area contributed by atoms with Crippen molar-refractivity contribution in [1.82, 2.24) is 10.9 Å². The molecular weight excluding hydrogens is 356 g/mol. The molecule has 0 bridgehead atoms. The molecule has 2 amide bonds. The van der Waals surface area contributed by atoms with Crippen LogP contribution in [0.5, 0.6) is 0 Å². The van der Waals surface area contributed by atoms with Crippen LogP contribution in [0.3, 0.4) is 0 Å². The second-order valence-corrected chi connectivity index (χ2v) is 4.26. The van der Waals surface area contributed by atoms with Gasteiger partial charge in [0.1, 0.15) is 9.85 Å². The average Bonchev–Trinajstić information content (AvgIpc) is 3.24. The van der Waals surface area contributed by atoms with Crippen LogP contribution in [0, 0.1) is 20.2 Å². The Morgan fingerprint density at radius 2 is 1.23 bits per heavy atom. The van der Waals surface area contributed by atoms with Gasteiger partial charge < -0.3 is 8.83 Å². The van der Waals surface area contributed by atoms with Crippen molar-refractivity contribution >= 4 is 36.0 Å². The van der Waals surface area contributed by atoms with E-state index in [1.54, 1.807) is 0 Å². The summed E-state index contributed by atoms with van der Waals surface area (Å²) < 4.78 is 9.48. The third kappa shape index (κ3) is 4.82. The van der Waals surface area contributed by atoms with Crippen molar-refractivity contribution in [2.24, 2.45) is 10.2 Å². The van der Waals surface area contributed by atoms with Crippen molar-refractivity contribution in [2.45, 2.75) is 0 Å². The van der Waals surface area contributed by atoms with Crippen LogP contribution in [0.25, 0.3) is 0 Å². The highest BCUT2D eigenvalue weighted by atomic mass is 16.7. The molecule has 0 atom stereocenters. The van der Waals surface area contributed by atoms with E-state index in [-0.39, 0.29) is 11.5 Å². The molecule has 0 aliphatic rings. The van der Waals surface area contributed by atoms with Gasteiger partial charge in [-0.1, -0.05) is 0 Å². The number of nitrogens with one attached hydrogen (secondary N) is 2. The predicted octanol–water partition coefficient (Wildman–Crippen LogP) is 0.289. The average molecular weight is 364 g/mol. The molecular formula is C12H8N6O8. The van der Waals surface area contributed by atoms with Crippen LogP contribution in [0.1, 0.15) is 11.5 Å². The van der Waals surface area contributed by atoms with E-state index in [1.165, 1.54) is 12.1 Å². The molecule has 2 heterocycles. The second kappa shape index (κ2) is 7.95. The zero-order chi connectivity index (χ0) is 19.1. The molecule has 0 spiro atoms. The number of amides is 2. The summed E-state index contributed by atoms with van der Waals surface area (Å²) in [7, 11) is 0. The number of hydrogen-bond donors (Lipinski definition) is 2. The lowest BCUT2D eigenvalue weighted by Crippen LogP contribution is -2.35. The first-order valence-electron chi connectivity index (χ1n) is 6.51. The number of rotatable bonds is 6. The summed E-state index contributed by atoms with van der Waals surface area (Å²) in [6.45, 7) is 0. The minimum atomic E-state index is -1.19. The molecule has 134 valence electrons. The molecule has 2 aromatic rings. The molecule has 0 aromatic carbocycles. The fourth-order valence-electron chi connectivity index (χ4n) is 1.43. The minimum absolute atomic E-state index is 0.0187. The highest BCUT2D eigenvalue weighted by Gasteiger charge is 2.13. The Morgan fingerprint density at radius 1 is 0.846 bits per heavy atom. The van der Waals surface area contributed by atoms with Gasteiger partial charge in [-0.2, -0.15) is 10.2 Å². The summed E-state index contributed by atoms with van der Waals surface area (Å²) in [4.78, 5) is 42.2. The predicted molar refractivity (Wildman–Crippen MR) is 82.2 cm³/mol. The Kier molecular flexibility index (Phi) is 5.50. The van der Waals surface area contributed by atoms with Crippen molar-refractivity contribution in [3.05, 3.63) is 56.0 Å². The lowest BCUT2D eigenvalue weighted by Gasteiger charge is -1.96. The topological polar surface area (TPSA) is 195 Å². The Balaban J connectivity index is 1.81. The fourth-order valence-corrected chi connectivity index (χ4v) is 1.43. The maximum atomic E-state index is 11.4. The number of nitro groups is 2. The molecule has 2 aromatic heterocycles. The number of hydrogen-bond acceptors (Lipinski definition) is 10. The molecule has 0 aliphatic heterocycles. The Hall–Kier alpha value is -4.36. The smallest absolute Gasteiger partial charge is 0.400 e. The molecule has 0 radical (unpaired) electrons. The largest absolute Gasteiger partial charge is 0.433 e. The van der Waals surface area contributed by atoms with Crippen LogP contribution in [-0.2, 0) is 9.59 Å². The zero-order valence-electron chi connectivity index (χ0n) is 12.5. The molecule has 14 heteroatoms. The van der Waals surface area contributed by atoms with Crippen LogP contribution in [0.2, 0.25) is 0 Å². The molecule has 0 unspecified atom stereocenters. The Morgan fingerprint density at radius 3 is 1.54 bits per heavy atom. The molecule has 2 N–H and O–H groups in total. The lowest BCUT2D eigenvalue weighted by molar-refractivity contribution is -0.402. The molecule has 2 rings (SSSR count). The number of nitrogens with zero attached hydrogens (tertiary/aromatic N) is 4. The second-order valence-electron chi connectivity index (χ2n) is 4.26. The monoisotopic (exact) mass is 364 g/mol. The van der Waals surface area contributed by atoms with E-state index in [0.717, 1.165) is 24.6 Å². The van der Waals surface area contributed by atoms with Crippen LogP contribution >= 0.6 is 0 Å². The minimum Gasteiger partial charge on any atom is -0.400 e. The van der Waals surface area contributed by atoms with Gasteiger partial charge in [-0.05, 0) is 12.1 Å². The molecule has 0 aliphatic carbocycles. The van der Waals surface area contributed by atoms with Crippen LogP contribution in [0.15, 0.2) is 43.3 Å². The number of carbonyl (C=O) groups excluding carboxylic acids is 2. The van der Waals surface area contributed by atoms with E-state index in [2.05, 4.69) is 10.2 Å². The van der Waals surface area contributed by atoms with Crippen LogP contribution in [0.4, 0.5) is 11.8 Å². The summed E-state index contributed by atoms with van der Waals surface area (Å²) in [6, 6.07) is 4.65. The summed E-state index contributed by atoms with van der Waals surface area (Å²) >= 11 is 0. The van der Waals surface area contributed by atoms with E-state index in [0.29, 0.717) is 0 Å². The maximum absolute atomic E-state index is 11.4.